The van der Waals surface area contributed by atoms with Gasteiger partial charge in [0.25, 0.3) is 10.1 Å². The van der Waals surface area contributed by atoms with Crippen LogP contribution in [0.3, 0.4) is 0 Å². The minimum atomic E-state index is -3.67. The zero-order chi connectivity index (χ0) is 15.5. The lowest BCUT2D eigenvalue weighted by Crippen LogP contribution is -1.88. The number of hydrogen-bond donors (Lipinski definition) is 2. The number of imidazole rings is 1. The number of fused-ring (bicyclic) bond motifs is 1. The molecule has 0 bridgehead atoms. The largest absolute Gasteiger partial charge is 0.399 e. The van der Waals surface area contributed by atoms with E-state index in [1.54, 1.807) is 10.7 Å². The van der Waals surface area contributed by atoms with Gasteiger partial charge >= 0.3 is 0 Å². The van der Waals surface area contributed by atoms with Crippen LogP contribution in [-0.2, 0) is 10.1 Å². The molecule has 0 aliphatic rings. The molecule has 8 heteroatoms. The van der Waals surface area contributed by atoms with Crippen molar-refractivity contribution >= 4 is 21.5 Å². The highest BCUT2D eigenvalue weighted by Crippen LogP contribution is 2.19. The highest BCUT2D eigenvalue weighted by molar-refractivity contribution is 7.85. The first-order valence-electron chi connectivity index (χ1n) is 5.92. The van der Waals surface area contributed by atoms with E-state index < -0.39 is 10.1 Å². The fourth-order valence-electron chi connectivity index (χ4n) is 1.62. The van der Waals surface area contributed by atoms with E-state index in [0.717, 1.165) is 22.6 Å². The van der Waals surface area contributed by atoms with Crippen LogP contribution in [0.25, 0.3) is 16.9 Å². The van der Waals surface area contributed by atoms with Gasteiger partial charge in [-0.2, -0.15) is 13.5 Å². The summed E-state index contributed by atoms with van der Waals surface area (Å²) in [7, 11) is -3.67. The fourth-order valence-corrected chi connectivity index (χ4v) is 1.62. The summed E-state index contributed by atoms with van der Waals surface area (Å²) < 4.78 is 27.6. The second kappa shape index (κ2) is 5.90. The van der Waals surface area contributed by atoms with Gasteiger partial charge in [-0.25, -0.2) is 9.50 Å². The Morgan fingerprint density at radius 3 is 2.38 bits per heavy atom. The van der Waals surface area contributed by atoms with Gasteiger partial charge in [0.2, 0.25) is 0 Å². The summed E-state index contributed by atoms with van der Waals surface area (Å²) in [5.41, 5.74) is 9.18. The molecule has 0 unspecified atom stereocenters. The number of rotatable bonds is 1. The molecule has 0 spiro atoms. The Bertz CT molecular complexity index is 800. The molecule has 1 aromatic carbocycles. The quantitative estimate of drug-likeness (QED) is 0.520. The number of benzene rings is 1. The van der Waals surface area contributed by atoms with E-state index in [9.17, 15) is 8.42 Å². The molecule has 0 amide bonds. The number of nitrogens with zero attached hydrogens (tertiary/aromatic N) is 3. The average Bonchev–Trinajstić information content (AvgIpc) is 2.81. The summed E-state index contributed by atoms with van der Waals surface area (Å²) in [6, 6.07) is 11.4. The molecule has 0 atom stereocenters. The monoisotopic (exact) mass is 306 g/mol. The molecular formula is C13H14N4O3S. The van der Waals surface area contributed by atoms with E-state index in [2.05, 4.69) is 10.1 Å². The Kier molecular flexibility index (Phi) is 4.20. The molecule has 21 heavy (non-hydrogen) atoms. The van der Waals surface area contributed by atoms with Gasteiger partial charge in [-0.05, 0) is 24.3 Å². The molecule has 0 fully saturated rings. The summed E-state index contributed by atoms with van der Waals surface area (Å²) in [5, 5.41) is 4.17. The van der Waals surface area contributed by atoms with Crippen LogP contribution in [0.15, 0.2) is 48.8 Å². The number of hydrogen-bond acceptors (Lipinski definition) is 5. The molecule has 0 radical (unpaired) electrons. The third-order valence-corrected chi connectivity index (χ3v) is 2.44. The number of aromatic nitrogens is 3. The summed E-state index contributed by atoms with van der Waals surface area (Å²) in [6.07, 6.45) is 4.36. The van der Waals surface area contributed by atoms with Gasteiger partial charge in [0.15, 0.2) is 5.65 Å². The van der Waals surface area contributed by atoms with Gasteiger partial charge in [0.05, 0.1) is 18.1 Å². The zero-order valence-corrected chi connectivity index (χ0v) is 12.0. The van der Waals surface area contributed by atoms with Crippen LogP contribution in [0.4, 0.5) is 5.69 Å². The Hall–Kier alpha value is -2.45. The second-order valence-electron chi connectivity index (χ2n) is 4.31. The van der Waals surface area contributed by atoms with Crippen molar-refractivity contribution < 1.29 is 13.0 Å². The average molecular weight is 306 g/mol. The van der Waals surface area contributed by atoms with E-state index in [1.165, 1.54) is 0 Å². The Morgan fingerprint density at radius 1 is 1.19 bits per heavy atom. The first kappa shape index (κ1) is 14.9. The van der Waals surface area contributed by atoms with Gasteiger partial charge in [-0.1, -0.05) is 12.1 Å². The lowest BCUT2D eigenvalue weighted by Gasteiger charge is -1.95. The maximum Gasteiger partial charge on any atom is 0.261 e. The van der Waals surface area contributed by atoms with Crippen molar-refractivity contribution in [1.29, 1.82) is 0 Å². The highest BCUT2D eigenvalue weighted by atomic mass is 32.2. The van der Waals surface area contributed by atoms with E-state index in [1.807, 2.05) is 42.6 Å². The van der Waals surface area contributed by atoms with Gasteiger partial charge in [0.1, 0.15) is 0 Å². The molecule has 2 aromatic heterocycles. The van der Waals surface area contributed by atoms with Crippen molar-refractivity contribution in [2.75, 3.05) is 12.0 Å². The summed E-state index contributed by atoms with van der Waals surface area (Å²) in [4.78, 5) is 4.47. The summed E-state index contributed by atoms with van der Waals surface area (Å²) in [5.74, 6) is 0. The minimum Gasteiger partial charge on any atom is -0.399 e. The molecule has 3 N–H and O–H groups in total. The molecule has 110 valence electrons. The zero-order valence-electron chi connectivity index (χ0n) is 11.2. The fraction of sp³-hybridized carbons (Fsp3) is 0.0769. The first-order chi connectivity index (χ1) is 9.83. The van der Waals surface area contributed by atoms with Crippen molar-refractivity contribution in [2.45, 2.75) is 0 Å². The smallest absolute Gasteiger partial charge is 0.261 e. The van der Waals surface area contributed by atoms with Crippen molar-refractivity contribution in [2.24, 2.45) is 0 Å². The number of nitrogen functional groups attached to an aromatic ring is 1. The van der Waals surface area contributed by atoms with Crippen molar-refractivity contribution in [1.82, 2.24) is 14.6 Å². The van der Waals surface area contributed by atoms with Gasteiger partial charge in [-0.15, -0.1) is 0 Å². The molecule has 7 nitrogen and oxygen atoms in total. The maximum atomic E-state index is 9.19. The topological polar surface area (TPSA) is 111 Å². The van der Waals surface area contributed by atoms with Crippen LogP contribution < -0.4 is 5.73 Å². The van der Waals surface area contributed by atoms with Gasteiger partial charge in [0, 0.05) is 17.4 Å². The standard InChI is InChI=1S/C12H10N4.CH4O3S/c13-10-5-3-9(4-6-10)11-8-16-12(15-11)2-1-7-14-16;1-5(2,3)4/h1-8H,13H2;1H3,(H,2,3,4). The van der Waals surface area contributed by atoms with Crippen LogP contribution in [-0.4, -0.2) is 33.8 Å². The highest BCUT2D eigenvalue weighted by Gasteiger charge is 2.03. The Labute approximate surface area is 121 Å². The summed E-state index contributed by atoms with van der Waals surface area (Å²) in [6.45, 7) is 0. The molecule has 3 aromatic rings. The molecule has 2 heterocycles. The van der Waals surface area contributed by atoms with Crippen molar-refractivity contribution in [3.63, 3.8) is 0 Å². The van der Waals surface area contributed by atoms with Crippen LogP contribution in [0.1, 0.15) is 0 Å². The Balaban J connectivity index is 0.000000282. The third kappa shape index (κ3) is 4.55. The van der Waals surface area contributed by atoms with E-state index in [-0.39, 0.29) is 0 Å². The van der Waals surface area contributed by atoms with E-state index >= 15 is 0 Å². The predicted molar refractivity (Wildman–Crippen MR) is 80.3 cm³/mol. The molecule has 0 saturated carbocycles. The van der Waals surface area contributed by atoms with Crippen molar-refractivity contribution in [3.05, 3.63) is 48.8 Å². The lowest BCUT2D eigenvalue weighted by molar-refractivity contribution is 0.490. The van der Waals surface area contributed by atoms with Gasteiger partial charge < -0.3 is 5.73 Å². The van der Waals surface area contributed by atoms with Crippen LogP contribution in [0, 0.1) is 0 Å². The summed E-state index contributed by atoms with van der Waals surface area (Å²) >= 11 is 0. The number of nitrogens with two attached hydrogens (primary N) is 1. The normalized spacial score (nSPS) is 11.0. The molecule has 3 rings (SSSR count). The SMILES string of the molecule is CS(=O)(=O)O.Nc1ccc(-c2cn3ncccc3n2)cc1. The number of anilines is 1. The van der Waals surface area contributed by atoms with Gasteiger partial charge in [-0.3, -0.25) is 4.55 Å². The third-order valence-electron chi connectivity index (χ3n) is 2.44. The molecular weight excluding hydrogens is 292 g/mol. The lowest BCUT2D eigenvalue weighted by atomic mass is 10.1. The van der Waals surface area contributed by atoms with E-state index in [4.69, 9.17) is 10.3 Å². The second-order valence-corrected chi connectivity index (χ2v) is 5.77. The van der Waals surface area contributed by atoms with Crippen molar-refractivity contribution in [3.8, 4) is 11.3 Å². The molecule has 0 aliphatic carbocycles. The molecule has 0 saturated heterocycles. The molecule has 0 aliphatic heterocycles. The van der Waals surface area contributed by atoms with Crippen LogP contribution in [0.2, 0.25) is 0 Å². The first-order valence-corrected chi connectivity index (χ1v) is 7.76. The minimum absolute atomic E-state index is 0.715. The Morgan fingerprint density at radius 2 is 1.81 bits per heavy atom. The predicted octanol–water partition coefficient (Wildman–Crippen LogP) is 1.48. The van der Waals surface area contributed by atoms with Crippen LogP contribution >= 0.6 is 0 Å². The van der Waals surface area contributed by atoms with E-state index in [0.29, 0.717) is 6.26 Å². The maximum absolute atomic E-state index is 9.19. The van der Waals surface area contributed by atoms with Crippen LogP contribution in [0.5, 0.6) is 0 Å².